The number of hydrogen-bond acceptors (Lipinski definition) is 4. The minimum atomic E-state index is 0.741. The van der Waals surface area contributed by atoms with Crippen molar-refractivity contribution in [1.29, 1.82) is 0 Å². The van der Waals surface area contributed by atoms with Crippen LogP contribution in [0.2, 0.25) is 0 Å². The fraction of sp³-hybridized carbons (Fsp3) is 0.471. The minimum absolute atomic E-state index is 0.741. The van der Waals surface area contributed by atoms with E-state index in [-0.39, 0.29) is 0 Å². The molecule has 0 bridgehead atoms. The Labute approximate surface area is 131 Å². The molecule has 0 radical (unpaired) electrons. The molecule has 3 nitrogen and oxygen atoms in total. The van der Waals surface area contributed by atoms with Crippen molar-refractivity contribution in [2.24, 2.45) is 0 Å². The number of nitrogens with zero attached hydrogens (tertiary/aromatic N) is 2. The number of hydrogen-bond donors (Lipinski definition) is 1. The number of aromatic nitrogens is 1. The van der Waals surface area contributed by atoms with Gasteiger partial charge in [0.25, 0.3) is 0 Å². The van der Waals surface area contributed by atoms with Gasteiger partial charge in [0.05, 0.1) is 17.2 Å². The smallest absolute Gasteiger partial charge is 0.0898 e. The lowest BCUT2D eigenvalue weighted by Crippen LogP contribution is -2.22. The number of anilines is 1. The third kappa shape index (κ3) is 3.83. The van der Waals surface area contributed by atoms with Gasteiger partial charge in [-0.15, -0.1) is 11.3 Å². The number of thiazole rings is 1. The van der Waals surface area contributed by atoms with Crippen LogP contribution in [0.5, 0.6) is 0 Å². The van der Waals surface area contributed by atoms with Gasteiger partial charge < -0.3 is 10.2 Å². The minimum Gasteiger partial charge on any atom is -0.368 e. The molecule has 0 saturated heterocycles. The van der Waals surface area contributed by atoms with Crippen molar-refractivity contribution in [2.75, 3.05) is 11.9 Å². The monoisotopic (exact) mass is 301 g/mol. The molecule has 1 N–H and O–H groups in total. The Hall–Kier alpha value is -1.39. The summed E-state index contributed by atoms with van der Waals surface area (Å²) >= 11 is 1.72. The molecule has 1 saturated carbocycles. The normalized spacial score (nSPS) is 14.4. The zero-order chi connectivity index (χ0) is 14.8. The lowest BCUT2D eigenvalue weighted by Gasteiger charge is -2.22. The van der Waals surface area contributed by atoms with Gasteiger partial charge in [0.15, 0.2) is 0 Å². The first-order valence-corrected chi connectivity index (χ1v) is 8.45. The van der Waals surface area contributed by atoms with Crippen LogP contribution in [0.4, 0.5) is 5.69 Å². The zero-order valence-electron chi connectivity index (χ0n) is 13.0. The molecule has 2 aromatic rings. The van der Waals surface area contributed by atoms with E-state index in [1.807, 2.05) is 0 Å². The molecule has 3 rings (SSSR count). The summed E-state index contributed by atoms with van der Waals surface area (Å²) in [7, 11) is 2.15. The summed E-state index contributed by atoms with van der Waals surface area (Å²) in [5, 5.41) is 6.91. The highest BCUT2D eigenvalue weighted by Gasteiger charge is 2.21. The molecule has 4 heteroatoms. The summed E-state index contributed by atoms with van der Waals surface area (Å²) in [6.45, 7) is 6.05. The number of benzene rings is 1. The van der Waals surface area contributed by atoms with Crippen LogP contribution in [-0.4, -0.2) is 18.1 Å². The average molecular weight is 301 g/mol. The molecule has 0 amide bonds. The van der Waals surface area contributed by atoms with Crippen molar-refractivity contribution in [3.05, 3.63) is 45.4 Å². The van der Waals surface area contributed by atoms with Crippen LogP contribution in [0.15, 0.2) is 23.6 Å². The van der Waals surface area contributed by atoms with Gasteiger partial charge in [0.1, 0.15) is 0 Å². The van der Waals surface area contributed by atoms with E-state index in [0.717, 1.165) is 29.8 Å². The van der Waals surface area contributed by atoms with E-state index in [4.69, 9.17) is 0 Å². The molecule has 1 aromatic heterocycles. The van der Waals surface area contributed by atoms with Gasteiger partial charge in [-0.05, 0) is 38.3 Å². The van der Waals surface area contributed by atoms with Crippen LogP contribution in [0.3, 0.4) is 0 Å². The largest absolute Gasteiger partial charge is 0.368 e. The molecule has 112 valence electrons. The highest BCUT2D eigenvalue weighted by Crippen LogP contribution is 2.25. The molecule has 1 aromatic carbocycles. The van der Waals surface area contributed by atoms with Gasteiger partial charge in [-0.25, -0.2) is 4.98 Å². The van der Waals surface area contributed by atoms with Gasteiger partial charge in [-0.2, -0.15) is 0 Å². The van der Waals surface area contributed by atoms with Crippen molar-refractivity contribution in [3.8, 4) is 0 Å². The molecule has 21 heavy (non-hydrogen) atoms. The predicted molar refractivity (Wildman–Crippen MR) is 90.0 cm³/mol. The molecular weight excluding hydrogens is 278 g/mol. The van der Waals surface area contributed by atoms with E-state index in [2.05, 4.69) is 59.7 Å². The molecule has 0 aliphatic heterocycles. The van der Waals surface area contributed by atoms with E-state index in [1.54, 1.807) is 11.3 Å². The Morgan fingerprint density at radius 1 is 1.33 bits per heavy atom. The summed E-state index contributed by atoms with van der Waals surface area (Å²) in [6.07, 6.45) is 2.66. The van der Waals surface area contributed by atoms with E-state index >= 15 is 0 Å². The van der Waals surface area contributed by atoms with Crippen molar-refractivity contribution >= 4 is 17.0 Å². The molecule has 0 atom stereocenters. The van der Waals surface area contributed by atoms with Crippen molar-refractivity contribution < 1.29 is 0 Å². The lowest BCUT2D eigenvalue weighted by molar-refractivity contribution is 0.685. The van der Waals surface area contributed by atoms with Crippen molar-refractivity contribution in [1.82, 2.24) is 10.3 Å². The first-order valence-electron chi connectivity index (χ1n) is 7.57. The van der Waals surface area contributed by atoms with E-state index in [1.165, 1.54) is 29.7 Å². The third-order valence-electron chi connectivity index (χ3n) is 3.87. The van der Waals surface area contributed by atoms with Crippen molar-refractivity contribution in [3.63, 3.8) is 0 Å². The van der Waals surface area contributed by atoms with Crippen molar-refractivity contribution in [2.45, 2.75) is 45.8 Å². The van der Waals surface area contributed by atoms with Crippen LogP contribution in [0, 0.1) is 13.8 Å². The van der Waals surface area contributed by atoms with Crippen LogP contribution >= 0.6 is 11.3 Å². The highest BCUT2D eigenvalue weighted by molar-refractivity contribution is 7.09. The van der Waals surface area contributed by atoms with Crippen LogP contribution in [0.25, 0.3) is 0 Å². The van der Waals surface area contributed by atoms with Crippen LogP contribution < -0.4 is 10.2 Å². The fourth-order valence-electron chi connectivity index (χ4n) is 2.58. The first-order chi connectivity index (χ1) is 10.1. The average Bonchev–Trinajstić information content (AvgIpc) is 3.19. The molecule has 0 spiro atoms. The summed E-state index contributed by atoms with van der Waals surface area (Å²) < 4.78 is 0. The van der Waals surface area contributed by atoms with E-state index in [9.17, 15) is 0 Å². The second kappa shape index (κ2) is 6.16. The number of rotatable bonds is 6. The van der Waals surface area contributed by atoms with Crippen LogP contribution in [-0.2, 0) is 13.1 Å². The van der Waals surface area contributed by atoms with Crippen LogP contribution in [0.1, 0.15) is 34.7 Å². The summed E-state index contributed by atoms with van der Waals surface area (Å²) in [6, 6.07) is 7.47. The second-order valence-electron chi connectivity index (χ2n) is 6.00. The standard InChI is InChI=1S/C17H23N3S/c1-12-4-7-17(14(8-12)9-18-15-5-6-15)20(3)10-16-11-21-13(2)19-16/h4,7-8,11,15,18H,5-6,9-10H2,1-3H3. The van der Waals surface area contributed by atoms with Gasteiger partial charge in [-0.1, -0.05) is 17.7 Å². The maximum absolute atomic E-state index is 4.57. The Morgan fingerprint density at radius 2 is 2.14 bits per heavy atom. The summed E-state index contributed by atoms with van der Waals surface area (Å²) in [5.41, 5.74) is 5.17. The predicted octanol–water partition coefficient (Wildman–Crippen LogP) is 3.65. The number of aryl methyl sites for hydroxylation is 2. The SMILES string of the molecule is Cc1ccc(N(C)Cc2csc(C)n2)c(CNC2CC2)c1. The lowest BCUT2D eigenvalue weighted by atomic mass is 10.1. The Morgan fingerprint density at radius 3 is 2.81 bits per heavy atom. The van der Waals surface area contributed by atoms with Gasteiger partial charge in [0.2, 0.25) is 0 Å². The quantitative estimate of drug-likeness (QED) is 0.883. The van der Waals surface area contributed by atoms with E-state index in [0.29, 0.717) is 0 Å². The van der Waals surface area contributed by atoms with Gasteiger partial charge in [0, 0.05) is 30.7 Å². The van der Waals surface area contributed by atoms with Gasteiger partial charge in [-0.3, -0.25) is 0 Å². The van der Waals surface area contributed by atoms with E-state index < -0.39 is 0 Å². The Balaban J connectivity index is 1.75. The Bertz CT molecular complexity index is 616. The first kappa shape index (κ1) is 14.5. The topological polar surface area (TPSA) is 28.2 Å². The molecule has 0 unspecified atom stereocenters. The second-order valence-corrected chi connectivity index (χ2v) is 7.06. The molecule has 1 aliphatic carbocycles. The number of nitrogens with one attached hydrogen (secondary N) is 1. The fourth-order valence-corrected chi connectivity index (χ4v) is 3.18. The summed E-state index contributed by atoms with van der Waals surface area (Å²) in [4.78, 5) is 6.87. The van der Waals surface area contributed by atoms with Gasteiger partial charge >= 0.3 is 0 Å². The molecular formula is C17H23N3S. The molecule has 1 fully saturated rings. The third-order valence-corrected chi connectivity index (χ3v) is 4.69. The molecule has 1 heterocycles. The maximum Gasteiger partial charge on any atom is 0.0898 e. The highest BCUT2D eigenvalue weighted by atomic mass is 32.1. The summed E-state index contributed by atoms with van der Waals surface area (Å²) in [5.74, 6) is 0. The maximum atomic E-state index is 4.57. The molecule has 1 aliphatic rings. The zero-order valence-corrected chi connectivity index (χ0v) is 13.8. The Kier molecular flexibility index (Phi) is 4.27.